The SMILES string of the molecule is O=S1(=O)N=C(CN2CCCNCC2)Nc2ccccc21. The van der Waals surface area contributed by atoms with E-state index in [0.29, 0.717) is 18.1 Å². The van der Waals surface area contributed by atoms with Gasteiger partial charge in [-0.25, -0.2) is 0 Å². The van der Waals surface area contributed by atoms with Crippen molar-refractivity contribution in [2.45, 2.75) is 11.3 Å². The van der Waals surface area contributed by atoms with Crippen LogP contribution in [0.25, 0.3) is 0 Å². The van der Waals surface area contributed by atoms with Gasteiger partial charge in [0.05, 0.1) is 12.2 Å². The molecule has 2 aliphatic rings. The molecule has 2 heterocycles. The Hall–Kier alpha value is -1.44. The predicted molar refractivity (Wildman–Crippen MR) is 78.6 cm³/mol. The minimum absolute atomic E-state index is 0.251. The largest absolute Gasteiger partial charge is 0.341 e. The summed E-state index contributed by atoms with van der Waals surface area (Å²) in [5.74, 6) is 0.505. The van der Waals surface area contributed by atoms with E-state index in [0.717, 1.165) is 32.6 Å². The molecule has 0 saturated carbocycles. The van der Waals surface area contributed by atoms with E-state index in [1.807, 2.05) is 6.07 Å². The molecule has 0 radical (unpaired) electrons. The van der Waals surface area contributed by atoms with Crippen molar-refractivity contribution >= 4 is 21.5 Å². The fourth-order valence-electron chi connectivity index (χ4n) is 2.51. The molecule has 0 aromatic heterocycles. The number of rotatable bonds is 2. The van der Waals surface area contributed by atoms with Crippen molar-refractivity contribution in [3.8, 4) is 0 Å². The molecule has 108 valence electrons. The van der Waals surface area contributed by atoms with Gasteiger partial charge in [-0.1, -0.05) is 12.1 Å². The van der Waals surface area contributed by atoms with Crippen LogP contribution in [-0.4, -0.2) is 51.9 Å². The van der Waals surface area contributed by atoms with Gasteiger partial charge in [0.2, 0.25) is 0 Å². The Kier molecular flexibility index (Phi) is 3.73. The zero-order valence-corrected chi connectivity index (χ0v) is 12.0. The van der Waals surface area contributed by atoms with Crippen LogP contribution >= 0.6 is 0 Å². The molecule has 0 spiro atoms. The maximum Gasteiger partial charge on any atom is 0.286 e. The van der Waals surface area contributed by atoms with Crippen molar-refractivity contribution in [3.63, 3.8) is 0 Å². The average Bonchev–Trinajstić information content (AvgIpc) is 2.67. The molecule has 1 aromatic rings. The molecule has 1 saturated heterocycles. The first-order valence-corrected chi connectivity index (χ1v) is 8.22. The zero-order valence-electron chi connectivity index (χ0n) is 11.2. The van der Waals surface area contributed by atoms with Crippen LogP contribution in [0.4, 0.5) is 5.69 Å². The number of para-hydroxylation sites is 1. The van der Waals surface area contributed by atoms with Gasteiger partial charge >= 0.3 is 0 Å². The fourth-order valence-corrected chi connectivity index (χ4v) is 3.65. The molecule has 1 aromatic carbocycles. The zero-order chi connectivity index (χ0) is 14.0. The van der Waals surface area contributed by atoms with Crippen LogP contribution in [0.2, 0.25) is 0 Å². The van der Waals surface area contributed by atoms with Crippen molar-refractivity contribution in [1.29, 1.82) is 0 Å². The Labute approximate surface area is 118 Å². The summed E-state index contributed by atoms with van der Waals surface area (Å²) in [7, 11) is -3.57. The molecule has 6 nitrogen and oxygen atoms in total. The van der Waals surface area contributed by atoms with E-state index in [4.69, 9.17) is 0 Å². The van der Waals surface area contributed by atoms with E-state index in [1.165, 1.54) is 0 Å². The van der Waals surface area contributed by atoms with Gasteiger partial charge in [0.25, 0.3) is 10.0 Å². The molecule has 7 heteroatoms. The molecule has 0 unspecified atom stereocenters. The van der Waals surface area contributed by atoms with Crippen LogP contribution in [0.1, 0.15) is 6.42 Å². The fraction of sp³-hybridized carbons (Fsp3) is 0.462. The summed E-state index contributed by atoms with van der Waals surface area (Å²) >= 11 is 0. The van der Waals surface area contributed by atoms with Crippen LogP contribution < -0.4 is 10.6 Å². The van der Waals surface area contributed by atoms with Crippen LogP contribution in [0.15, 0.2) is 33.6 Å². The molecule has 0 amide bonds. The first-order chi connectivity index (χ1) is 9.65. The van der Waals surface area contributed by atoms with Gasteiger partial charge in [0, 0.05) is 13.1 Å². The van der Waals surface area contributed by atoms with E-state index in [1.54, 1.807) is 18.2 Å². The summed E-state index contributed by atoms with van der Waals surface area (Å²) in [5.41, 5.74) is 0.616. The van der Waals surface area contributed by atoms with Gasteiger partial charge in [0.1, 0.15) is 10.7 Å². The summed E-state index contributed by atoms with van der Waals surface area (Å²) in [5, 5.41) is 6.46. The Bertz CT molecular complexity index is 619. The number of anilines is 1. The van der Waals surface area contributed by atoms with E-state index in [2.05, 4.69) is 19.9 Å². The number of nitrogens with zero attached hydrogens (tertiary/aromatic N) is 2. The normalized spacial score (nSPS) is 22.3. The molecule has 20 heavy (non-hydrogen) atoms. The number of sulfonamides is 1. The number of fused-ring (bicyclic) bond motifs is 1. The number of hydrogen-bond donors (Lipinski definition) is 2. The highest BCUT2D eigenvalue weighted by Crippen LogP contribution is 2.26. The first kappa shape index (κ1) is 13.5. The Morgan fingerprint density at radius 3 is 2.95 bits per heavy atom. The smallest absolute Gasteiger partial charge is 0.286 e. The summed E-state index contributed by atoms with van der Waals surface area (Å²) in [6, 6.07) is 6.87. The maximum atomic E-state index is 12.1. The number of benzene rings is 1. The highest BCUT2D eigenvalue weighted by molar-refractivity contribution is 7.90. The molecular formula is C13H18N4O2S. The van der Waals surface area contributed by atoms with Gasteiger partial charge in [-0.3, -0.25) is 4.90 Å². The summed E-state index contributed by atoms with van der Waals surface area (Å²) in [6.07, 6.45) is 1.07. The third kappa shape index (κ3) is 2.84. The molecular weight excluding hydrogens is 276 g/mol. The topological polar surface area (TPSA) is 73.8 Å². The third-order valence-corrected chi connectivity index (χ3v) is 4.85. The molecule has 1 fully saturated rings. The lowest BCUT2D eigenvalue weighted by atomic mass is 10.3. The van der Waals surface area contributed by atoms with Gasteiger partial charge < -0.3 is 10.6 Å². The number of hydrogen-bond acceptors (Lipinski definition) is 5. The second kappa shape index (κ2) is 5.51. The Morgan fingerprint density at radius 2 is 2.05 bits per heavy atom. The lowest BCUT2D eigenvalue weighted by Gasteiger charge is -2.24. The first-order valence-electron chi connectivity index (χ1n) is 6.78. The predicted octanol–water partition coefficient (Wildman–Crippen LogP) is 0.495. The molecule has 3 rings (SSSR count). The van der Waals surface area contributed by atoms with Crippen LogP contribution in [0, 0.1) is 0 Å². The quantitative estimate of drug-likeness (QED) is 0.830. The lowest BCUT2D eigenvalue weighted by Crippen LogP contribution is -2.37. The highest BCUT2D eigenvalue weighted by Gasteiger charge is 2.25. The maximum absolute atomic E-state index is 12.1. The van der Waals surface area contributed by atoms with Crippen molar-refractivity contribution in [2.24, 2.45) is 4.40 Å². The average molecular weight is 294 g/mol. The third-order valence-electron chi connectivity index (χ3n) is 3.48. The monoisotopic (exact) mass is 294 g/mol. The van der Waals surface area contributed by atoms with Gasteiger partial charge in [-0.2, -0.15) is 8.42 Å². The summed E-state index contributed by atoms with van der Waals surface area (Å²) < 4.78 is 28.2. The van der Waals surface area contributed by atoms with E-state index in [-0.39, 0.29) is 4.90 Å². The second-order valence-electron chi connectivity index (χ2n) is 5.01. The van der Waals surface area contributed by atoms with E-state index < -0.39 is 10.0 Å². The number of nitrogens with one attached hydrogen (secondary N) is 2. The molecule has 0 atom stereocenters. The van der Waals surface area contributed by atoms with Gasteiger partial charge in [-0.15, -0.1) is 4.40 Å². The molecule has 0 aliphatic carbocycles. The second-order valence-corrected chi connectivity index (χ2v) is 6.59. The molecule has 2 aliphatic heterocycles. The van der Waals surface area contributed by atoms with Crippen molar-refractivity contribution in [3.05, 3.63) is 24.3 Å². The van der Waals surface area contributed by atoms with Crippen LogP contribution in [0.3, 0.4) is 0 Å². The molecule has 2 N–H and O–H groups in total. The van der Waals surface area contributed by atoms with Crippen molar-refractivity contribution in [2.75, 3.05) is 38.0 Å². The van der Waals surface area contributed by atoms with Crippen molar-refractivity contribution < 1.29 is 8.42 Å². The van der Waals surface area contributed by atoms with Crippen LogP contribution in [0.5, 0.6) is 0 Å². The standard InChI is InChI=1S/C13H18N4O2S/c18-20(19)12-5-2-1-4-11(12)15-13(16-20)10-17-8-3-6-14-7-9-17/h1-2,4-5,14H,3,6-10H2,(H,15,16). The number of amidine groups is 1. The highest BCUT2D eigenvalue weighted by atomic mass is 32.2. The lowest BCUT2D eigenvalue weighted by molar-refractivity contribution is 0.333. The van der Waals surface area contributed by atoms with E-state index >= 15 is 0 Å². The Balaban J connectivity index is 1.80. The summed E-state index contributed by atoms with van der Waals surface area (Å²) in [4.78, 5) is 2.47. The van der Waals surface area contributed by atoms with Gasteiger partial charge in [0.15, 0.2) is 0 Å². The van der Waals surface area contributed by atoms with Crippen LogP contribution in [-0.2, 0) is 10.0 Å². The van der Waals surface area contributed by atoms with Gasteiger partial charge in [-0.05, 0) is 31.6 Å². The van der Waals surface area contributed by atoms with E-state index in [9.17, 15) is 8.42 Å². The Morgan fingerprint density at radius 1 is 1.20 bits per heavy atom. The molecule has 0 bridgehead atoms. The van der Waals surface area contributed by atoms with Crippen molar-refractivity contribution in [1.82, 2.24) is 10.2 Å². The minimum Gasteiger partial charge on any atom is -0.341 e. The summed E-state index contributed by atoms with van der Waals surface area (Å²) in [6.45, 7) is 4.33. The minimum atomic E-state index is -3.57.